The van der Waals surface area contributed by atoms with Gasteiger partial charge in [0.25, 0.3) is 0 Å². The fraction of sp³-hybridized carbons (Fsp3) is 0.917. The quantitative estimate of drug-likeness (QED) is 0.245. The third-order valence-electron chi connectivity index (χ3n) is 5.93. The van der Waals surface area contributed by atoms with Gasteiger partial charge >= 0.3 is 11.9 Å². The summed E-state index contributed by atoms with van der Waals surface area (Å²) in [5.41, 5.74) is 0. The molecule has 4 unspecified atom stereocenters. The van der Waals surface area contributed by atoms with Crippen molar-refractivity contribution in [1.29, 1.82) is 0 Å². The van der Waals surface area contributed by atoms with E-state index in [2.05, 4.69) is 13.8 Å². The van der Waals surface area contributed by atoms with E-state index in [9.17, 15) is 9.59 Å². The molecule has 0 aliphatic heterocycles. The van der Waals surface area contributed by atoms with Gasteiger partial charge in [-0.3, -0.25) is 9.59 Å². The lowest BCUT2D eigenvalue weighted by Crippen LogP contribution is -2.37. The van der Waals surface area contributed by atoms with E-state index in [0.717, 1.165) is 51.4 Å². The second-order valence-corrected chi connectivity index (χ2v) is 8.69. The topological polar surface area (TPSA) is 52.6 Å². The lowest BCUT2D eigenvalue weighted by molar-refractivity contribution is -0.168. The molecule has 1 fully saturated rings. The number of carbonyl (C=O) groups excluding carboxylic acids is 2. The first-order valence-corrected chi connectivity index (χ1v) is 11.9. The summed E-state index contributed by atoms with van der Waals surface area (Å²) in [6.07, 6.45) is 14.6. The second-order valence-electron chi connectivity index (χ2n) is 8.69. The molecule has 0 aromatic carbocycles. The molecular weight excluding hydrogens is 352 g/mol. The van der Waals surface area contributed by atoms with Crippen LogP contribution in [-0.4, -0.2) is 24.1 Å². The largest absolute Gasteiger partial charge is 0.462 e. The van der Waals surface area contributed by atoms with E-state index >= 15 is 0 Å². The maximum absolute atomic E-state index is 12.7. The molecule has 0 aromatic rings. The summed E-state index contributed by atoms with van der Waals surface area (Å²) in [4.78, 5) is 25.4. The number of carbonyl (C=O) groups is 2. The number of esters is 2. The zero-order valence-corrected chi connectivity index (χ0v) is 18.8. The summed E-state index contributed by atoms with van der Waals surface area (Å²) in [6, 6.07) is 0. The minimum atomic E-state index is -0.327. The Balaban J connectivity index is 2.45. The van der Waals surface area contributed by atoms with Gasteiger partial charge in [0.15, 0.2) is 0 Å². The Kier molecular flexibility index (Phi) is 13.3. The molecular formula is C24H44O4. The average molecular weight is 397 g/mol. The number of hydrogen-bond donors (Lipinski definition) is 0. The molecule has 4 atom stereocenters. The van der Waals surface area contributed by atoms with Gasteiger partial charge in [0.1, 0.15) is 0 Å². The molecule has 1 aliphatic rings. The molecule has 0 amide bonds. The summed E-state index contributed by atoms with van der Waals surface area (Å²) < 4.78 is 11.4. The van der Waals surface area contributed by atoms with Crippen LogP contribution in [0.15, 0.2) is 0 Å². The van der Waals surface area contributed by atoms with Gasteiger partial charge in [-0.15, -0.1) is 0 Å². The van der Waals surface area contributed by atoms with Crippen LogP contribution < -0.4 is 0 Å². The van der Waals surface area contributed by atoms with Crippen molar-refractivity contribution in [1.82, 2.24) is 0 Å². The predicted octanol–water partition coefficient (Wildman–Crippen LogP) is 6.60. The maximum atomic E-state index is 12.7. The molecule has 0 aromatic heterocycles. The van der Waals surface area contributed by atoms with Gasteiger partial charge in [0, 0.05) is 0 Å². The highest BCUT2D eigenvalue weighted by Crippen LogP contribution is 2.33. The van der Waals surface area contributed by atoms with E-state index in [4.69, 9.17) is 9.47 Å². The van der Waals surface area contributed by atoms with Crippen LogP contribution >= 0.6 is 0 Å². The Labute approximate surface area is 173 Å². The number of unbranched alkanes of at least 4 members (excludes halogenated alkanes) is 6. The molecule has 0 bridgehead atoms. The standard InChI is InChI=1S/C24H44O4/c1-5-7-9-11-15-19(3)27-23(25)21-17-13-14-18-22(21)24(26)28-20(4)16-12-10-8-6-2/h19-22H,5-18H2,1-4H3. The van der Waals surface area contributed by atoms with E-state index < -0.39 is 0 Å². The van der Waals surface area contributed by atoms with Gasteiger partial charge in [-0.25, -0.2) is 0 Å². The summed E-state index contributed by atoms with van der Waals surface area (Å²) in [6.45, 7) is 8.33. The van der Waals surface area contributed by atoms with Crippen LogP contribution in [-0.2, 0) is 19.1 Å². The van der Waals surface area contributed by atoms with Gasteiger partial charge in [0.2, 0.25) is 0 Å². The Morgan fingerprint density at radius 1 is 0.714 bits per heavy atom. The van der Waals surface area contributed by atoms with E-state index in [1.165, 1.54) is 38.5 Å². The van der Waals surface area contributed by atoms with E-state index in [-0.39, 0.29) is 36.0 Å². The first kappa shape index (κ1) is 25.0. The molecule has 0 N–H and O–H groups in total. The molecule has 4 heteroatoms. The lowest BCUT2D eigenvalue weighted by Gasteiger charge is -2.30. The minimum absolute atomic E-state index is 0.0690. The van der Waals surface area contributed by atoms with E-state index in [1.807, 2.05) is 13.8 Å². The number of ether oxygens (including phenoxy) is 2. The molecule has 0 radical (unpaired) electrons. The third kappa shape index (κ3) is 9.93. The van der Waals surface area contributed by atoms with Crippen molar-refractivity contribution >= 4 is 11.9 Å². The molecule has 164 valence electrons. The lowest BCUT2D eigenvalue weighted by atomic mass is 9.79. The molecule has 1 rings (SSSR count). The van der Waals surface area contributed by atoms with Gasteiger partial charge < -0.3 is 9.47 Å². The Morgan fingerprint density at radius 2 is 1.11 bits per heavy atom. The van der Waals surface area contributed by atoms with Crippen molar-refractivity contribution in [2.24, 2.45) is 11.8 Å². The zero-order chi connectivity index (χ0) is 20.8. The SMILES string of the molecule is CCCCCCC(C)OC(=O)C1CCCCC1C(=O)OC(C)CCCCCC. The molecule has 0 heterocycles. The van der Waals surface area contributed by atoms with Crippen molar-refractivity contribution in [2.75, 3.05) is 0 Å². The summed E-state index contributed by atoms with van der Waals surface area (Å²) in [5.74, 6) is -1.04. The highest BCUT2D eigenvalue weighted by atomic mass is 16.6. The van der Waals surface area contributed by atoms with Crippen molar-refractivity contribution < 1.29 is 19.1 Å². The van der Waals surface area contributed by atoms with E-state index in [0.29, 0.717) is 0 Å². The van der Waals surface area contributed by atoms with Gasteiger partial charge in [0.05, 0.1) is 24.0 Å². The highest BCUT2D eigenvalue weighted by Gasteiger charge is 2.38. The van der Waals surface area contributed by atoms with Crippen LogP contribution in [0.2, 0.25) is 0 Å². The van der Waals surface area contributed by atoms with Crippen LogP contribution in [0.1, 0.15) is 118 Å². The van der Waals surface area contributed by atoms with Gasteiger partial charge in [-0.1, -0.05) is 65.2 Å². The Bertz CT molecular complexity index is 394. The van der Waals surface area contributed by atoms with Gasteiger partial charge in [-0.05, 0) is 52.4 Å². The van der Waals surface area contributed by atoms with E-state index in [1.54, 1.807) is 0 Å². The van der Waals surface area contributed by atoms with Gasteiger partial charge in [-0.2, -0.15) is 0 Å². The fourth-order valence-corrected chi connectivity index (χ4v) is 4.10. The second kappa shape index (κ2) is 14.9. The first-order valence-electron chi connectivity index (χ1n) is 11.9. The van der Waals surface area contributed by atoms with Crippen LogP contribution in [0.3, 0.4) is 0 Å². The average Bonchev–Trinajstić information content (AvgIpc) is 2.68. The number of hydrogen-bond acceptors (Lipinski definition) is 4. The minimum Gasteiger partial charge on any atom is -0.462 e. The summed E-state index contributed by atoms with van der Waals surface area (Å²) in [5, 5.41) is 0. The van der Waals surface area contributed by atoms with Crippen LogP contribution in [0.4, 0.5) is 0 Å². The summed E-state index contributed by atoms with van der Waals surface area (Å²) >= 11 is 0. The number of rotatable bonds is 14. The predicted molar refractivity (Wildman–Crippen MR) is 114 cm³/mol. The van der Waals surface area contributed by atoms with Crippen molar-refractivity contribution in [3.05, 3.63) is 0 Å². The first-order chi connectivity index (χ1) is 13.5. The van der Waals surface area contributed by atoms with Crippen molar-refractivity contribution in [2.45, 2.75) is 130 Å². The molecule has 4 nitrogen and oxygen atoms in total. The Hall–Kier alpha value is -1.06. The summed E-state index contributed by atoms with van der Waals surface area (Å²) in [7, 11) is 0. The molecule has 1 saturated carbocycles. The molecule has 0 spiro atoms. The maximum Gasteiger partial charge on any atom is 0.310 e. The molecule has 0 saturated heterocycles. The zero-order valence-electron chi connectivity index (χ0n) is 18.8. The highest BCUT2D eigenvalue weighted by molar-refractivity contribution is 5.82. The fourth-order valence-electron chi connectivity index (χ4n) is 4.10. The smallest absolute Gasteiger partial charge is 0.310 e. The van der Waals surface area contributed by atoms with Crippen molar-refractivity contribution in [3.8, 4) is 0 Å². The Morgan fingerprint density at radius 3 is 1.46 bits per heavy atom. The molecule has 28 heavy (non-hydrogen) atoms. The van der Waals surface area contributed by atoms with Crippen LogP contribution in [0.5, 0.6) is 0 Å². The monoisotopic (exact) mass is 396 g/mol. The third-order valence-corrected chi connectivity index (χ3v) is 5.93. The van der Waals surface area contributed by atoms with Crippen LogP contribution in [0, 0.1) is 11.8 Å². The van der Waals surface area contributed by atoms with Crippen molar-refractivity contribution in [3.63, 3.8) is 0 Å². The van der Waals surface area contributed by atoms with Crippen LogP contribution in [0.25, 0.3) is 0 Å². The molecule has 1 aliphatic carbocycles. The normalized spacial score (nSPS) is 21.7.